The van der Waals surface area contributed by atoms with Gasteiger partial charge in [-0.15, -0.1) is 11.8 Å². The minimum absolute atomic E-state index is 0.0306. The monoisotopic (exact) mass is 1500 g/mol. The number of para-hydroxylation sites is 3. The molecule has 3 atom stereocenters. The van der Waals surface area contributed by atoms with Gasteiger partial charge >= 0.3 is 17.1 Å². The minimum Gasteiger partial charge on any atom is -0.352 e. The highest BCUT2D eigenvalue weighted by Crippen LogP contribution is 2.27. The van der Waals surface area contributed by atoms with E-state index in [1.54, 1.807) is 44.1 Å². The molecule has 15 rings (SSSR count). The van der Waals surface area contributed by atoms with Crippen molar-refractivity contribution in [2.24, 2.45) is 32.6 Å². The number of fused-ring (bicyclic) bond motifs is 6. The lowest BCUT2D eigenvalue weighted by atomic mass is 10.1. The summed E-state index contributed by atoms with van der Waals surface area (Å²) in [5.41, 5.74) is 16.5. The topological polar surface area (TPSA) is 345 Å². The summed E-state index contributed by atoms with van der Waals surface area (Å²) in [4.78, 5) is 127. The van der Waals surface area contributed by atoms with Gasteiger partial charge in [0.2, 0.25) is 17.8 Å². The Morgan fingerprint density at radius 1 is 0.528 bits per heavy atom. The summed E-state index contributed by atoms with van der Waals surface area (Å²) in [6, 6.07) is 23.3. The molecule has 3 aliphatic heterocycles. The Labute approximate surface area is 616 Å². The third kappa shape index (κ3) is 14.7. The first-order chi connectivity index (χ1) is 51.1. The van der Waals surface area contributed by atoms with E-state index in [2.05, 4.69) is 94.9 Å². The third-order valence-electron chi connectivity index (χ3n) is 19.6. The Morgan fingerprint density at radius 2 is 0.925 bits per heavy atom. The van der Waals surface area contributed by atoms with Gasteiger partial charge in [-0.3, -0.25) is 50.9 Å². The summed E-state index contributed by atoms with van der Waals surface area (Å²) in [6.45, 7) is 16.7. The van der Waals surface area contributed by atoms with E-state index in [1.807, 2.05) is 111 Å². The van der Waals surface area contributed by atoms with E-state index in [0.29, 0.717) is 88.4 Å². The minimum atomic E-state index is -0.468. The van der Waals surface area contributed by atoms with E-state index < -0.39 is 33.7 Å². The number of allylic oxidation sites excluding steroid dienone is 2. The predicted molar refractivity (Wildman–Crippen MR) is 416 cm³/mol. The zero-order chi connectivity index (χ0) is 74.8. The molecule has 0 unspecified atom stereocenters. The molecule has 6 N–H and O–H groups in total. The standard InChI is InChI=1S/C25H29BrN8O2.2C25H28N8O2/c1-15(26)10-12-33-21-22(30-24(33)32-11-6-7-17(27)13-32)31(3)25(36)34(23(21)35)14-20-28-16(2)18-8-4-5-9-19(18)29-20;1-4-5-13-32-21-22(29-24(32)31-12-8-9-17(26)14-31)30(3)25(35)33(23(21)34)15-20-27-16(2)18-10-6-7-11-19(18)28-20;1-4-5-13-32-21-22(30-24(32)28-17-9-8-12-26-14-17)31(3)25(35)33(23(21)34)15-20-27-16(2)18-10-6-7-11-19(18)29-20/h4-5,8-10,17H,6-7,11-14,27H2,1-3H3;6-7,10-11,17H,8-9,12-15,26H2,1-3H3;6-7,10-11,17,26H,8-9,12-15H2,1-3H3,(H,28,30)/b15-10+;;/t3*17-/m111/s1. The Bertz CT molecular complexity index is 5980. The molecule has 30 nitrogen and oxygen atoms in total. The highest BCUT2D eigenvalue weighted by atomic mass is 79.9. The molecule has 0 aliphatic carbocycles. The van der Waals surface area contributed by atoms with Crippen molar-refractivity contribution in [3.8, 4) is 23.7 Å². The van der Waals surface area contributed by atoms with Crippen LogP contribution in [0.4, 0.5) is 17.8 Å². The highest BCUT2D eigenvalue weighted by Gasteiger charge is 2.30. The number of rotatable bonds is 14. The number of benzene rings is 3. The molecule has 106 heavy (non-hydrogen) atoms. The van der Waals surface area contributed by atoms with Crippen molar-refractivity contribution in [3.63, 3.8) is 0 Å². The van der Waals surface area contributed by atoms with E-state index in [4.69, 9.17) is 21.4 Å². The van der Waals surface area contributed by atoms with Gasteiger partial charge in [-0.05, 0) is 109 Å². The first kappa shape index (κ1) is 73.1. The molecule has 3 fully saturated rings. The second-order valence-corrected chi connectivity index (χ2v) is 28.3. The molecule has 31 heteroatoms. The summed E-state index contributed by atoms with van der Waals surface area (Å²) in [7, 11) is 4.89. The first-order valence-electron chi connectivity index (χ1n) is 35.5. The second-order valence-electron chi connectivity index (χ2n) is 27.0. The van der Waals surface area contributed by atoms with Gasteiger partial charge in [-0.2, -0.15) is 15.0 Å². The zero-order valence-corrected chi connectivity index (χ0v) is 62.5. The van der Waals surface area contributed by atoms with Crippen LogP contribution in [-0.2, 0) is 60.4 Å². The smallest absolute Gasteiger partial charge is 0.332 e. The maximum Gasteiger partial charge on any atom is 0.332 e. The first-order valence-corrected chi connectivity index (χ1v) is 36.3. The summed E-state index contributed by atoms with van der Waals surface area (Å²) in [5.74, 6) is 14.9. The van der Waals surface area contributed by atoms with Crippen LogP contribution in [0.25, 0.3) is 66.2 Å². The van der Waals surface area contributed by atoms with Crippen LogP contribution >= 0.6 is 15.9 Å². The molecular weight excluding hydrogens is 1410 g/mol. The van der Waals surface area contributed by atoms with E-state index in [9.17, 15) is 28.8 Å². The number of aromatic nitrogens is 18. The van der Waals surface area contributed by atoms with Crippen LogP contribution in [-0.4, -0.2) is 143 Å². The molecule has 0 amide bonds. The normalized spacial score (nSPS) is 16.2. The van der Waals surface area contributed by atoms with Gasteiger partial charge in [-0.25, -0.2) is 44.3 Å². The van der Waals surface area contributed by atoms with E-state index >= 15 is 0 Å². The fourth-order valence-corrected chi connectivity index (χ4v) is 14.3. The van der Waals surface area contributed by atoms with E-state index in [-0.39, 0.29) is 50.8 Å². The Morgan fingerprint density at radius 3 is 1.33 bits per heavy atom. The van der Waals surface area contributed by atoms with Crippen LogP contribution in [0.1, 0.15) is 93.9 Å². The maximum atomic E-state index is 13.8. The van der Waals surface area contributed by atoms with Crippen molar-refractivity contribution in [1.82, 2.24) is 91.3 Å². The molecule has 3 saturated heterocycles. The van der Waals surface area contributed by atoms with Gasteiger partial charge in [0.1, 0.15) is 17.5 Å². The number of nitrogens with two attached hydrogens (primary N) is 2. The summed E-state index contributed by atoms with van der Waals surface area (Å²) in [6.07, 6.45) is 7.81. The van der Waals surface area contributed by atoms with Gasteiger partial charge in [0.25, 0.3) is 16.7 Å². The predicted octanol–water partition coefficient (Wildman–Crippen LogP) is 4.95. The lowest BCUT2D eigenvalue weighted by Crippen LogP contribution is -2.44. The van der Waals surface area contributed by atoms with E-state index in [1.165, 1.54) is 27.4 Å². The number of nitrogens with one attached hydrogen (secondary N) is 2. The molecule has 0 radical (unpaired) electrons. The molecular formula is C75H85BrN24O6. The third-order valence-corrected chi connectivity index (χ3v) is 19.9. The number of anilines is 3. The number of nitrogens with zero attached hydrogens (tertiary/aromatic N) is 20. The van der Waals surface area contributed by atoms with Gasteiger partial charge < -0.3 is 36.5 Å². The van der Waals surface area contributed by atoms with Crippen molar-refractivity contribution in [2.45, 2.75) is 137 Å². The zero-order valence-electron chi connectivity index (χ0n) is 60.9. The van der Waals surface area contributed by atoms with E-state index in [0.717, 1.165) is 119 Å². The van der Waals surface area contributed by atoms with Gasteiger partial charge in [-0.1, -0.05) is 88.4 Å². The average molecular weight is 1500 g/mol. The molecule has 0 bridgehead atoms. The summed E-state index contributed by atoms with van der Waals surface area (Å²) in [5, 5.41) is 9.65. The quantitative estimate of drug-likeness (QED) is 0.105. The van der Waals surface area contributed by atoms with Crippen LogP contribution < -0.4 is 65.6 Å². The Balaban J connectivity index is 0.000000141. The molecule has 12 heterocycles. The SMILES string of the molecule is C/C(Br)=C\Cn1c(N2CCC[C@@H](N)C2)nc2c1c(=O)n(Cc1nc(C)c3ccccc3n1)c(=O)n2C.CC#CCn1c(N2CCC[C@@H](N)C2)nc2c1c(=O)n(Cc1nc(C)c3ccccc3n1)c(=O)n2C.CC#CCn1c(N[C@@H]2CCCNC2)nc2c1c(=O)n(Cc1nc(C)c3ccccc3n1)c(=O)n2C. The van der Waals surface area contributed by atoms with Crippen LogP contribution in [0.15, 0.2) is 112 Å². The molecule has 0 saturated carbocycles. The molecule has 9 aromatic heterocycles. The van der Waals surface area contributed by atoms with Gasteiger partial charge in [0.15, 0.2) is 33.5 Å². The highest BCUT2D eigenvalue weighted by molar-refractivity contribution is 9.11. The summed E-state index contributed by atoms with van der Waals surface area (Å²) < 4.78 is 14.2. The number of piperidine rings is 3. The number of hydrogen-bond donors (Lipinski definition) is 4. The van der Waals surface area contributed by atoms with Crippen molar-refractivity contribution in [1.29, 1.82) is 0 Å². The number of imidazole rings is 3. The van der Waals surface area contributed by atoms with Crippen molar-refractivity contribution in [2.75, 3.05) is 54.4 Å². The summed E-state index contributed by atoms with van der Waals surface area (Å²) >= 11 is 3.48. The number of hydrogen-bond acceptors (Lipinski definition) is 21. The fraction of sp³-hybridized carbons (Fsp3) is 0.400. The molecule has 3 aromatic carbocycles. The maximum absolute atomic E-state index is 13.8. The van der Waals surface area contributed by atoms with Crippen LogP contribution in [0.2, 0.25) is 0 Å². The number of halogens is 1. The van der Waals surface area contributed by atoms with Crippen molar-refractivity contribution in [3.05, 3.63) is 180 Å². The number of aryl methyl sites for hydroxylation is 6. The average Bonchev–Trinajstić information content (AvgIpc) is 1.59. The van der Waals surface area contributed by atoms with Gasteiger partial charge in [0, 0.05) is 112 Å². The van der Waals surface area contributed by atoms with Crippen LogP contribution in [0.3, 0.4) is 0 Å². The van der Waals surface area contributed by atoms with Crippen LogP contribution in [0, 0.1) is 44.5 Å². The Kier molecular flexibility index (Phi) is 21.5. The Hall–Kier alpha value is -11.3. The second kappa shape index (κ2) is 31.2. The molecule has 548 valence electrons. The lowest BCUT2D eigenvalue weighted by Gasteiger charge is -2.31. The molecule has 12 aromatic rings. The lowest BCUT2D eigenvalue weighted by molar-refractivity contribution is 0.477. The van der Waals surface area contributed by atoms with Crippen molar-refractivity contribution < 1.29 is 0 Å². The fourth-order valence-electron chi connectivity index (χ4n) is 14.2. The molecule has 3 aliphatic rings. The largest absolute Gasteiger partial charge is 0.352 e. The van der Waals surface area contributed by atoms with Crippen LogP contribution in [0.5, 0.6) is 0 Å². The van der Waals surface area contributed by atoms with Gasteiger partial charge in [0.05, 0.1) is 49.3 Å². The van der Waals surface area contributed by atoms with Crippen molar-refractivity contribution >= 4 is 100.0 Å². The molecule has 0 spiro atoms.